The number of morpholine rings is 1. The highest BCUT2D eigenvalue weighted by Gasteiger charge is 2.23. The Morgan fingerprint density at radius 2 is 2.12 bits per heavy atom. The molecule has 1 saturated heterocycles. The molecule has 3 heterocycles. The summed E-state index contributed by atoms with van der Waals surface area (Å²) in [5.41, 5.74) is 0. The molecule has 2 N–H and O–H groups in total. The number of nitrogens with one attached hydrogen (secondary N) is 2. The van der Waals surface area contributed by atoms with Crippen molar-refractivity contribution in [3.63, 3.8) is 0 Å². The second kappa shape index (κ2) is 11.6. The van der Waals surface area contributed by atoms with E-state index in [0.717, 1.165) is 57.5 Å². The van der Waals surface area contributed by atoms with Crippen LogP contribution in [-0.4, -0.2) is 57.3 Å². The lowest BCUT2D eigenvalue weighted by atomic mass is 10.2. The van der Waals surface area contributed by atoms with E-state index in [1.807, 2.05) is 12.1 Å². The highest BCUT2D eigenvalue weighted by Crippen LogP contribution is 2.25. The van der Waals surface area contributed by atoms with Gasteiger partial charge < -0.3 is 19.8 Å². The van der Waals surface area contributed by atoms with Crippen molar-refractivity contribution in [1.29, 1.82) is 0 Å². The van der Waals surface area contributed by atoms with E-state index in [1.165, 1.54) is 4.88 Å². The smallest absolute Gasteiger partial charge is 0.191 e. The first-order chi connectivity index (χ1) is 12.4. The molecule has 1 aliphatic heterocycles. The van der Waals surface area contributed by atoms with Gasteiger partial charge in [-0.3, -0.25) is 9.89 Å². The molecule has 0 saturated carbocycles. The SMILES string of the molecule is CN=C(NCCc1ccco1)NCC(c1cccs1)N1CCOCC1.I. The van der Waals surface area contributed by atoms with Crippen LogP contribution in [0.4, 0.5) is 0 Å². The van der Waals surface area contributed by atoms with Gasteiger partial charge in [-0.15, -0.1) is 35.3 Å². The van der Waals surface area contributed by atoms with Crippen molar-refractivity contribution in [2.24, 2.45) is 4.99 Å². The van der Waals surface area contributed by atoms with Crippen LogP contribution in [0.25, 0.3) is 0 Å². The van der Waals surface area contributed by atoms with Gasteiger partial charge in [0, 0.05) is 44.5 Å². The fourth-order valence-corrected chi connectivity index (χ4v) is 3.81. The second-order valence-corrected chi connectivity index (χ2v) is 6.87. The molecule has 2 aromatic rings. The number of hydrogen-bond donors (Lipinski definition) is 2. The van der Waals surface area contributed by atoms with Gasteiger partial charge in [-0.1, -0.05) is 6.07 Å². The lowest BCUT2D eigenvalue weighted by Gasteiger charge is -2.34. The van der Waals surface area contributed by atoms with E-state index < -0.39 is 0 Å². The third-order valence-corrected chi connectivity index (χ3v) is 5.26. The predicted molar refractivity (Wildman–Crippen MR) is 117 cm³/mol. The first-order valence-electron chi connectivity index (χ1n) is 8.69. The number of ether oxygens (including phenoxy) is 1. The summed E-state index contributed by atoms with van der Waals surface area (Å²) in [5, 5.41) is 8.96. The molecule has 6 nitrogen and oxygen atoms in total. The zero-order valence-corrected chi connectivity index (χ0v) is 18.2. The average Bonchev–Trinajstić information content (AvgIpc) is 3.35. The topological polar surface area (TPSA) is 62.0 Å². The molecule has 144 valence electrons. The average molecular weight is 490 g/mol. The minimum atomic E-state index is 0. The van der Waals surface area contributed by atoms with Gasteiger partial charge in [-0.2, -0.15) is 0 Å². The van der Waals surface area contributed by atoms with E-state index in [0.29, 0.717) is 6.04 Å². The number of hydrogen-bond acceptors (Lipinski definition) is 5. The Hall–Kier alpha value is -1.10. The van der Waals surface area contributed by atoms with Crippen LogP contribution in [0.5, 0.6) is 0 Å². The summed E-state index contributed by atoms with van der Waals surface area (Å²) in [6.45, 7) is 5.15. The van der Waals surface area contributed by atoms with Crippen molar-refractivity contribution in [2.45, 2.75) is 12.5 Å². The number of guanidine groups is 1. The molecular weight excluding hydrogens is 463 g/mol. The van der Waals surface area contributed by atoms with E-state index in [2.05, 4.69) is 38.0 Å². The molecule has 1 unspecified atom stereocenters. The summed E-state index contributed by atoms with van der Waals surface area (Å²) in [4.78, 5) is 8.19. The van der Waals surface area contributed by atoms with E-state index in [-0.39, 0.29) is 24.0 Å². The van der Waals surface area contributed by atoms with Crippen LogP contribution in [0.3, 0.4) is 0 Å². The normalized spacial score (nSPS) is 16.7. The Bertz CT molecular complexity index is 628. The van der Waals surface area contributed by atoms with Gasteiger partial charge in [0.15, 0.2) is 5.96 Å². The van der Waals surface area contributed by atoms with Crippen LogP contribution < -0.4 is 10.6 Å². The zero-order chi connectivity index (χ0) is 17.3. The fraction of sp³-hybridized carbons (Fsp3) is 0.500. The molecule has 3 rings (SSSR count). The monoisotopic (exact) mass is 490 g/mol. The van der Waals surface area contributed by atoms with Crippen LogP contribution >= 0.6 is 35.3 Å². The number of aliphatic imine (C=N–C) groups is 1. The molecule has 1 aliphatic rings. The van der Waals surface area contributed by atoms with Gasteiger partial charge in [0.25, 0.3) is 0 Å². The molecule has 0 spiro atoms. The van der Waals surface area contributed by atoms with Crippen molar-refractivity contribution in [1.82, 2.24) is 15.5 Å². The Kier molecular flexibility index (Phi) is 9.44. The number of thiophene rings is 1. The lowest BCUT2D eigenvalue weighted by Crippen LogP contribution is -2.46. The van der Waals surface area contributed by atoms with Crippen molar-refractivity contribution in [3.8, 4) is 0 Å². The summed E-state index contributed by atoms with van der Waals surface area (Å²) < 4.78 is 10.9. The van der Waals surface area contributed by atoms with Crippen molar-refractivity contribution in [3.05, 3.63) is 46.5 Å². The van der Waals surface area contributed by atoms with Crippen molar-refractivity contribution >= 4 is 41.3 Å². The second-order valence-electron chi connectivity index (χ2n) is 5.89. The van der Waals surface area contributed by atoms with Gasteiger partial charge in [-0.05, 0) is 23.6 Å². The summed E-state index contributed by atoms with van der Waals surface area (Å²) >= 11 is 1.80. The number of rotatable bonds is 7. The van der Waals surface area contributed by atoms with Crippen LogP contribution in [0.2, 0.25) is 0 Å². The molecule has 26 heavy (non-hydrogen) atoms. The van der Waals surface area contributed by atoms with E-state index in [9.17, 15) is 0 Å². The van der Waals surface area contributed by atoms with Crippen LogP contribution in [-0.2, 0) is 11.2 Å². The fourth-order valence-electron chi connectivity index (χ4n) is 2.95. The maximum atomic E-state index is 5.50. The standard InChI is InChI=1S/C18H26N4O2S.HI/c1-19-18(20-7-6-15-4-2-10-24-15)21-14-16(17-5-3-13-25-17)22-8-11-23-12-9-22;/h2-5,10,13,16H,6-9,11-12,14H2,1H3,(H2,19,20,21);1H. The van der Waals surface area contributed by atoms with E-state index in [4.69, 9.17) is 9.15 Å². The summed E-state index contributed by atoms with van der Waals surface area (Å²) in [7, 11) is 1.80. The minimum absolute atomic E-state index is 0. The van der Waals surface area contributed by atoms with Crippen molar-refractivity contribution < 1.29 is 9.15 Å². The first-order valence-corrected chi connectivity index (χ1v) is 9.57. The van der Waals surface area contributed by atoms with Gasteiger partial charge >= 0.3 is 0 Å². The Labute approximate surface area is 176 Å². The Morgan fingerprint density at radius 1 is 1.27 bits per heavy atom. The predicted octanol–water partition coefficient (Wildman–Crippen LogP) is 2.74. The van der Waals surface area contributed by atoms with Crippen molar-refractivity contribution in [2.75, 3.05) is 46.4 Å². The van der Waals surface area contributed by atoms with Crippen LogP contribution in [0.15, 0.2) is 45.3 Å². The number of halogens is 1. The number of furan rings is 1. The molecular formula is C18H27IN4O2S. The zero-order valence-electron chi connectivity index (χ0n) is 15.0. The lowest BCUT2D eigenvalue weighted by molar-refractivity contribution is 0.0177. The highest BCUT2D eigenvalue weighted by molar-refractivity contribution is 14.0. The maximum absolute atomic E-state index is 5.50. The molecule has 0 aromatic carbocycles. The maximum Gasteiger partial charge on any atom is 0.191 e. The summed E-state index contributed by atoms with van der Waals surface area (Å²) in [6.07, 6.45) is 2.54. The van der Waals surface area contributed by atoms with Gasteiger partial charge in [-0.25, -0.2) is 0 Å². The Morgan fingerprint density at radius 3 is 2.77 bits per heavy atom. The molecule has 0 aliphatic carbocycles. The number of nitrogens with zero attached hydrogens (tertiary/aromatic N) is 2. The van der Waals surface area contributed by atoms with Gasteiger partial charge in [0.2, 0.25) is 0 Å². The van der Waals surface area contributed by atoms with Gasteiger partial charge in [0.1, 0.15) is 5.76 Å². The molecule has 1 atom stereocenters. The summed E-state index contributed by atoms with van der Waals surface area (Å²) in [5.74, 6) is 1.80. The van der Waals surface area contributed by atoms with Gasteiger partial charge in [0.05, 0.1) is 25.5 Å². The Balaban J connectivity index is 0.00000243. The molecule has 8 heteroatoms. The largest absolute Gasteiger partial charge is 0.469 e. The first kappa shape index (κ1) is 21.2. The molecule has 0 radical (unpaired) electrons. The van der Waals surface area contributed by atoms with E-state index in [1.54, 1.807) is 24.6 Å². The van der Waals surface area contributed by atoms with Crippen LogP contribution in [0, 0.1) is 0 Å². The minimum Gasteiger partial charge on any atom is -0.469 e. The van der Waals surface area contributed by atoms with E-state index >= 15 is 0 Å². The molecule has 0 amide bonds. The molecule has 0 bridgehead atoms. The summed E-state index contributed by atoms with van der Waals surface area (Å²) in [6, 6.07) is 8.57. The third kappa shape index (κ3) is 6.26. The quantitative estimate of drug-likeness (QED) is 0.355. The molecule has 2 aromatic heterocycles. The molecule has 1 fully saturated rings. The van der Waals surface area contributed by atoms with Crippen LogP contribution in [0.1, 0.15) is 16.7 Å². The third-order valence-electron chi connectivity index (χ3n) is 4.29. The highest BCUT2D eigenvalue weighted by atomic mass is 127.